The molecule has 0 N–H and O–H groups in total. The van der Waals surface area contributed by atoms with Crippen LogP contribution in [-0.4, -0.2) is 19.0 Å². The highest BCUT2D eigenvalue weighted by atomic mass is 16.6. The normalized spacial score (nSPS) is 11.4. The van der Waals surface area contributed by atoms with Crippen LogP contribution in [0.4, 0.5) is 11.4 Å². The number of anilines is 1. The molecule has 0 aromatic heterocycles. The van der Waals surface area contributed by atoms with Gasteiger partial charge in [0, 0.05) is 54.2 Å². The Morgan fingerprint density at radius 1 is 0.824 bits per heavy atom. The molecule has 2 aromatic carbocycles. The van der Waals surface area contributed by atoms with E-state index in [4.69, 9.17) is 0 Å². The molecule has 174 valence electrons. The van der Waals surface area contributed by atoms with Gasteiger partial charge in [-0.3, -0.25) is 10.1 Å². The molecular formula is C30H32N2O2. The van der Waals surface area contributed by atoms with Gasteiger partial charge in [0.25, 0.3) is 5.69 Å². The number of nitro benzene ring substituents is 1. The van der Waals surface area contributed by atoms with Crippen LogP contribution >= 0.6 is 0 Å². The highest BCUT2D eigenvalue weighted by Crippen LogP contribution is 2.14. The second-order valence-corrected chi connectivity index (χ2v) is 7.95. The summed E-state index contributed by atoms with van der Waals surface area (Å²) in [5.41, 5.74) is 4.52. The van der Waals surface area contributed by atoms with E-state index in [1.807, 2.05) is 38.4 Å². The average Bonchev–Trinajstić information content (AvgIpc) is 2.84. The summed E-state index contributed by atoms with van der Waals surface area (Å²) in [6.07, 6.45) is 12.3. The molecule has 0 saturated heterocycles. The van der Waals surface area contributed by atoms with Crippen molar-refractivity contribution in [3.05, 3.63) is 105 Å². The zero-order chi connectivity index (χ0) is 24.8. The average molecular weight is 453 g/mol. The molecule has 0 atom stereocenters. The fourth-order valence-corrected chi connectivity index (χ4v) is 2.92. The smallest absolute Gasteiger partial charge is 0.269 e. The SMILES string of the molecule is CCC/C=C/C(C#Cc1ccc(N(C)C)cc1)=C(C#Cc1ccc([N+](=O)[O-])cc1)/C=C/CCC. The van der Waals surface area contributed by atoms with Crippen molar-refractivity contribution in [2.45, 2.75) is 39.5 Å². The van der Waals surface area contributed by atoms with Crippen LogP contribution in [-0.2, 0) is 0 Å². The number of hydrogen-bond donors (Lipinski definition) is 0. The first kappa shape index (κ1) is 26.2. The fourth-order valence-electron chi connectivity index (χ4n) is 2.92. The molecule has 4 nitrogen and oxygen atoms in total. The molecule has 0 aliphatic carbocycles. The second-order valence-electron chi connectivity index (χ2n) is 7.95. The molecule has 0 heterocycles. The summed E-state index contributed by atoms with van der Waals surface area (Å²) >= 11 is 0. The molecule has 2 rings (SSSR count). The Balaban J connectivity index is 2.50. The number of unbranched alkanes of at least 4 members (excludes halogenated alkanes) is 2. The molecule has 0 amide bonds. The molecule has 34 heavy (non-hydrogen) atoms. The molecule has 0 bridgehead atoms. The van der Waals surface area contributed by atoms with Crippen LogP contribution in [0.3, 0.4) is 0 Å². The lowest BCUT2D eigenvalue weighted by molar-refractivity contribution is -0.384. The lowest BCUT2D eigenvalue weighted by atomic mass is 10.0. The highest BCUT2D eigenvalue weighted by molar-refractivity contribution is 5.58. The predicted octanol–water partition coefficient (Wildman–Crippen LogP) is 7.07. The van der Waals surface area contributed by atoms with Crippen molar-refractivity contribution >= 4 is 11.4 Å². The summed E-state index contributed by atoms with van der Waals surface area (Å²) in [4.78, 5) is 12.6. The molecule has 0 aliphatic rings. The van der Waals surface area contributed by atoms with Gasteiger partial charge in [-0.2, -0.15) is 0 Å². The van der Waals surface area contributed by atoms with E-state index in [-0.39, 0.29) is 5.69 Å². The number of hydrogen-bond acceptors (Lipinski definition) is 3. The standard InChI is InChI=1S/C30H32N2O2/c1-5-7-9-11-27(19-13-25-15-21-29(22-16-25)31(3)4)28(12-10-8-6-2)20-14-26-17-23-30(24-18-26)32(33)34/h9-12,15-18,21-24H,5-8H2,1-4H3/b11-9+,12-10+,28-27+. The maximum absolute atomic E-state index is 10.9. The lowest BCUT2D eigenvalue weighted by Gasteiger charge is -2.11. The van der Waals surface area contributed by atoms with Crippen molar-refractivity contribution in [2.75, 3.05) is 19.0 Å². The van der Waals surface area contributed by atoms with Gasteiger partial charge in [-0.15, -0.1) is 0 Å². The van der Waals surface area contributed by atoms with E-state index in [0.29, 0.717) is 0 Å². The monoisotopic (exact) mass is 452 g/mol. The quantitative estimate of drug-likeness (QED) is 0.186. The predicted molar refractivity (Wildman–Crippen MR) is 143 cm³/mol. The van der Waals surface area contributed by atoms with Crippen molar-refractivity contribution in [3.63, 3.8) is 0 Å². The summed E-state index contributed by atoms with van der Waals surface area (Å²) in [6, 6.07) is 14.4. The first-order chi connectivity index (χ1) is 16.4. The van der Waals surface area contributed by atoms with Gasteiger partial charge >= 0.3 is 0 Å². The van der Waals surface area contributed by atoms with Crippen molar-refractivity contribution in [2.24, 2.45) is 0 Å². The molecule has 2 aromatic rings. The van der Waals surface area contributed by atoms with Gasteiger partial charge in [0.15, 0.2) is 0 Å². The maximum Gasteiger partial charge on any atom is 0.269 e. The Kier molecular flexibility index (Phi) is 11.0. The summed E-state index contributed by atoms with van der Waals surface area (Å²) < 4.78 is 0. The van der Waals surface area contributed by atoms with Crippen LogP contribution in [0.1, 0.15) is 50.7 Å². The number of nitro groups is 1. The number of non-ortho nitro benzene ring substituents is 1. The van der Waals surface area contributed by atoms with E-state index in [2.05, 4.69) is 66.7 Å². The Bertz CT molecular complexity index is 1160. The van der Waals surface area contributed by atoms with E-state index in [1.165, 1.54) is 12.1 Å². The summed E-state index contributed by atoms with van der Waals surface area (Å²) in [6.45, 7) is 4.28. The van der Waals surface area contributed by atoms with Crippen LogP contribution in [0.2, 0.25) is 0 Å². The van der Waals surface area contributed by atoms with Crippen molar-refractivity contribution < 1.29 is 4.92 Å². The van der Waals surface area contributed by atoms with Gasteiger partial charge in [-0.25, -0.2) is 0 Å². The molecule has 0 unspecified atom stereocenters. The second kappa shape index (κ2) is 14.2. The van der Waals surface area contributed by atoms with Crippen molar-refractivity contribution in [1.29, 1.82) is 0 Å². The summed E-state index contributed by atoms with van der Waals surface area (Å²) in [7, 11) is 4.02. The van der Waals surface area contributed by atoms with Gasteiger partial charge in [-0.1, -0.05) is 62.5 Å². The lowest BCUT2D eigenvalue weighted by Crippen LogP contribution is -2.07. The Morgan fingerprint density at radius 2 is 1.26 bits per heavy atom. The van der Waals surface area contributed by atoms with Crippen molar-refractivity contribution in [1.82, 2.24) is 0 Å². The van der Waals surface area contributed by atoms with Gasteiger partial charge < -0.3 is 4.90 Å². The first-order valence-corrected chi connectivity index (χ1v) is 11.6. The molecule has 0 spiro atoms. The van der Waals surface area contributed by atoms with Crippen LogP contribution in [0.15, 0.2) is 84.0 Å². The van der Waals surface area contributed by atoms with Gasteiger partial charge in [0.05, 0.1) is 4.92 Å². The van der Waals surface area contributed by atoms with Gasteiger partial charge in [-0.05, 0) is 61.4 Å². The highest BCUT2D eigenvalue weighted by Gasteiger charge is 2.03. The Labute approximate surface area is 203 Å². The Hall–Kier alpha value is -4.02. The minimum atomic E-state index is -0.409. The largest absolute Gasteiger partial charge is 0.378 e. The third kappa shape index (κ3) is 8.85. The zero-order valence-corrected chi connectivity index (χ0v) is 20.5. The molecule has 0 aliphatic heterocycles. The minimum absolute atomic E-state index is 0.0542. The van der Waals surface area contributed by atoms with E-state index < -0.39 is 4.92 Å². The number of rotatable bonds is 8. The molecule has 4 heteroatoms. The number of benzene rings is 2. The topological polar surface area (TPSA) is 46.4 Å². The zero-order valence-electron chi connectivity index (χ0n) is 20.5. The minimum Gasteiger partial charge on any atom is -0.378 e. The summed E-state index contributed by atoms with van der Waals surface area (Å²) in [5, 5.41) is 10.9. The number of nitrogens with zero attached hydrogens (tertiary/aromatic N) is 2. The molecule has 0 saturated carbocycles. The maximum atomic E-state index is 10.9. The van der Waals surface area contributed by atoms with Crippen LogP contribution in [0, 0.1) is 33.8 Å². The first-order valence-electron chi connectivity index (χ1n) is 11.6. The summed E-state index contributed by atoms with van der Waals surface area (Å²) in [5.74, 6) is 13.0. The fraction of sp³-hybridized carbons (Fsp3) is 0.267. The van der Waals surface area contributed by atoms with Gasteiger partial charge in [0.1, 0.15) is 0 Å². The molecule has 0 radical (unpaired) electrons. The number of allylic oxidation sites excluding steroid dienone is 6. The van der Waals surface area contributed by atoms with Crippen LogP contribution in [0.5, 0.6) is 0 Å². The van der Waals surface area contributed by atoms with Gasteiger partial charge in [0.2, 0.25) is 0 Å². The van der Waals surface area contributed by atoms with E-state index in [0.717, 1.165) is 53.6 Å². The van der Waals surface area contributed by atoms with Crippen LogP contribution in [0.25, 0.3) is 0 Å². The van der Waals surface area contributed by atoms with E-state index in [9.17, 15) is 10.1 Å². The van der Waals surface area contributed by atoms with Crippen molar-refractivity contribution in [3.8, 4) is 23.7 Å². The van der Waals surface area contributed by atoms with E-state index >= 15 is 0 Å². The molecular weight excluding hydrogens is 420 g/mol. The Morgan fingerprint density at radius 3 is 1.65 bits per heavy atom. The van der Waals surface area contributed by atoms with Crippen LogP contribution < -0.4 is 4.90 Å². The third-order valence-electron chi connectivity index (χ3n) is 4.91. The molecule has 0 fully saturated rings. The third-order valence-corrected chi connectivity index (χ3v) is 4.91. The van der Waals surface area contributed by atoms with E-state index in [1.54, 1.807) is 12.1 Å².